The molecule has 4 nitrogen and oxygen atoms in total. The summed E-state index contributed by atoms with van der Waals surface area (Å²) in [6, 6.07) is 7.32. The van der Waals surface area contributed by atoms with E-state index in [2.05, 4.69) is 10.1 Å². The quantitative estimate of drug-likeness (QED) is 0.936. The van der Waals surface area contributed by atoms with Gasteiger partial charge in [0.2, 0.25) is 5.89 Å². The normalized spacial score (nSPS) is 13.5. The summed E-state index contributed by atoms with van der Waals surface area (Å²) in [4.78, 5) is 4.36. The van der Waals surface area contributed by atoms with E-state index in [4.69, 9.17) is 21.9 Å². The van der Waals surface area contributed by atoms with E-state index >= 15 is 0 Å². The standard InChI is InChI=1S/C14H18ClN3O/c1-14(2,3)12(16)13-17-11(18-19-13)8-9-4-6-10(15)7-5-9/h4-7,12H,8,16H2,1-3H3/t12-/m0/s1. The van der Waals surface area contributed by atoms with Crippen LogP contribution in [0, 0.1) is 5.41 Å². The van der Waals surface area contributed by atoms with Crippen LogP contribution >= 0.6 is 11.6 Å². The molecule has 19 heavy (non-hydrogen) atoms. The van der Waals surface area contributed by atoms with E-state index in [9.17, 15) is 0 Å². The van der Waals surface area contributed by atoms with Crippen molar-refractivity contribution < 1.29 is 4.52 Å². The highest BCUT2D eigenvalue weighted by Gasteiger charge is 2.27. The van der Waals surface area contributed by atoms with Gasteiger partial charge >= 0.3 is 0 Å². The van der Waals surface area contributed by atoms with Crippen molar-refractivity contribution in [2.75, 3.05) is 0 Å². The van der Waals surface area contributed by atoms with Crippen molar-refractivity contribution in [3.8, 4) is 0 Å². The molecule has 2 N–H and O–H groups in total. The van der Waals surface area contributed by atoms with Gasteiger partial charge in [0.1, 0.15) is 0 Å². The van der Waals surface area contributed by atoms with Gasteiger partial charge in [-0.15, -0.1) is 0 Å². The molecule has 0 spiro atoms. The van der Waals surface area contributed by atoms with Crippen molar-refractivity contribution >= 4 is 11.6 Å². The molecular formula is C14H18ClN3O. The minimum absolute atomic E-state index is 0.107. The van der Waals surface area contributed by atoms with Crippen LogP contribution in [0.25, 0.3) is 0 Å². The van der Waals surface area contributed by atoms with E-state index in [1.165, 1.54) is 0 Å². The molecule has 0 saturated heterocycles. The number of rotatable bonds is 3. The first kappa shape index (κ1) is 14.0. The Bertz CT molecular complexity index is 543. The van der Waals surface area contributed by atoms with Crippen LogP contribution in [-0.4, -0.2) is 10.1 Å². The Balaban J connectivity index is 2.11. The second-order valence-electron chi connectivity index (χ2n) is 5.70. The van der Waals surface area contributed by atoms with E-state index < -0.39 is 0 Å². The first-order valence-corrected chi connectivity index (χ1v) is 6.56. The van der Waals surface area contributed by atoms with E-state index in [-0.39, 0.29) is 11.5 Å². The van der Waals surface area contributed by atoms with Gasteiger partial charge in [0.15, 0.2) is 5.82 Å². The highest BCUT2D eigenvalue weighted by Crippen LogP contribution is 2.29. The van der Waals surface area contributed by atoms with E-state index in [1.54, 1.807) is 0 Å². The molecule has 1 aromatic carbocycles. The molecule has 0 amide bonds. The summed E-state index contributed by atoms with van der Waals surface area (Å²) >= 11 is 5.84. The summed E-state index contributed by atoms with van der Waals surface area (Å²) < 4.78 is 5.24. The van der Waals surface area contributed by atoms with Crippen molar-refractivity contribution in [3.05, 3.63) is 46.6 Å². The van der Waals surface area contributed by atoms with Gasteiger partial charge in [0.25, 0.3) is 0 Å². The molecule has 102 valence electrons. The monoisotopic (exact) mass is 279 g/mol. The van der Waals surface area contributed by atoms with Crippen LogP contribution in [-0.2, 0) is 6.42 Å². The zero-order valence-corrected chi connectivity index (χ0v) is 12.1. The lowest BCUT2D eigenvalue weighted by atomic mass is 9.87. The van der Waals surface area contributed by atoms with Gasteiger partial charge in [-0.2, -0.15) is 4.98 Å². The van der Waals surface area contributed by atoms with Gasteiger partial charge < -0.3 is 10.3 Å². The summed E-state index contributed by atoms with van der Waals surface area (Å²) in [5.41, 5.74) is 7.06. The lowest BCUT2D eigenvalue weighted by molar-refractivity contribution is 0.252. The maximum absolute atomic E-state index is 6.08. The summed E-state index contributed by atoms with van der Waals surface area (Å²) in [5, 5.41) is 4.68. The molecule has 1 aromatic heterocycles. The molecule has 0 radical (unpaired) electrons. The predicted octanol–water partition coefficient (Wildman–Crippen LogP) is 3.36. The molecular weight excluding hydrogens is 262 g/mol. The maximum Gasteiger partial charge on any atom is 0.244 e. The number of hydrogen-bond donors (Lipinski definition) is 1. The van der Waals surface area contributed by atoms with Gasteiger partial charge in [-0.25, -0.2) is 0 Å². The number of nitrogens with zero attached hydrogens (tertiary/aromatic N) is 2. The third kappa shape index (κ3) is 3.55. The van der Waals surface area contributed by atoms with Gasteiger partial charge in [-0.1, -0.05) is 49.7 Å². The zero-order chi connectivity index (χ0) is 14.0. The molecule has 2 rings (SSSR count). The molecule has 0 unspecified atom stereocenters. The van der Waals surface area contributed by atoms with Crippen LogP contribution in [0.2, 0.25) is 5.02 Å². The summed E-state index contributed by atoms with van der Waals surface area (Å²) in [6.45, 7) is 6.13. The SMILES string of the molecule is CC(C)(C)[C@@H](N)c1nc(Cc2ccc(Cl)cc2)no1. The highest BCUT2D eigenvalue weighted by atomic mass is 35.5. The van der Waals surface area contributed by atoms with Gasteiger partial charge in [0.05, 0.1) is 6.04 Å². The maximum atomic E-state index is 6.08. The largest absolute Gasteiger partial charge is 0.338 e. The number of hydrogen-bond acceptors (Lipinski definition) is 4. The van der Waals surface area contributed by atoms with Gasteiger partial charge in [-0.3, -0.25) is 0 Å². The Kier molecular flexibility index (Phi) is 3.92. The minimum atomic E-state index is -0.265. The Hall–Kier alpha value is -1.39. The van der Waals surface area contributed by atoms with Crippen molar-refractivity contribution in [1.82, 2.24) is 10.1 Å². The smallest absolute Gasteiger partial charge is 0.244 e. The van der Waals surface area contributed by atoms with Crippen LogP contribution < -0.4 is 5.73 Å². The average molecular weight is 280 g/mol. The van der Waals surface area contributed by atoms with E-state index in [1.807, 2.05) is 45.0 Å². The van der Waals surface area contributed by atoms with E-state index in [0.29, 0.717) is 23.2 Å². The molecule has 0 aliphatic rings. The zero-order valence-electron chi connectivity index (χ0n) is 11.4. The Morgan fingerprint density at radius 3 is 2.47 bits per heavy atom. The number of aromatic nitrogens is 2. The fourth-order valence-corrected chi connectivity index (χ4v) is 1.75. The van der Waals surface area contributed by atoms with Crippen LogP contribution in [0.5, 0.6) is 0 Å². The molecule has 1 heterocycles. The highest BCUT2D eigenvalue weighted by molar-refractivity contribution is 6.30. The Labute approximate surface area is 118 Å². The fraction of sp³-hybridized carbons (Fsp3) is 0.429. The van der Waals surface area contributed by atoms with E-state index in [0.717, 1.165) is 5.56 Å². The molecule has 0 saturated carbocycles. The van der Waals surface area contributed by atoms with Crippen LogP contribution in [0.1, 0.15) is 44.1 Å². The third-order valence-corrected chi connectivity index (χ3v) is 3.21. The molecule has 0 aliphatic heterocycles. The fourth-order valence-electron chi connectivity index (χ4n) is 1.62. The molecule has 2 aromatic rings. The first-order chi connectivity index (χ1) is 8.86. The van der Waals surface area contributed by atoms with Gasteiger partial charge in [-0.05, 0) is 23.1 Å². The van der Waals surface area contributed by atoms with Gasteiger partial charge in [0, 0.05) is 11.4 Å². The number of benzene rings is 1. The Morgan fingerprint density at radius 2 is 1.89 bits per heavy atom. The lowest BCUT2D eigenvalue weighted by Crippen LogP contribution is -2.26. The van der Waals surface area contributed by atoms with Crippen molar-refractivity contribution in [3.63, 3.8) is 0 Å². The molecule has 1 atom stereocenters. The molecule has 5 heteroatoms. The lowest BCUT2D eigenvalue weighted by Gasteiger charge is -2.23. The van der Waals surface area contributed by atoms with Crippen LogP contribution in [0.15, 0.2) is 28.8 Å². The molecule has 0 aliphatic carbocycles. The summed E-state index contributed by atoms with van der Waals surface area (Å²) in [5.74, 6) is 1.12. The minimum Gasteiger partial charge on any atom is -0.338 e. The Morgan fingerprint density at radius 1 is 1.26 bits per heavy atom. The van der Waals surface area contributed by atoms with Crippen molar-refractivity contribution in [1.29, 1.82) is 0 Å². The number of nitrogens with two attached hydrogens (primary N) is 1. The predicted molar refractivity (Wildman–Crippen MR) is 74.9 cm³/mol. The number of halogens is 1. The molecule has 0 bridgehead atoms. The topological polar surface area (TPSA) is 64.9 Å². The average Bonchev–Trinajstić information content (AvgIpc) is 2.78. The second kappa shape index (κ2) is 5.31. The molecule has 0 fully saturated rings. The second-order valence-corrected chi connectivity index (χ2v) is 6.13. The van der Waals surface area contributed by atoms with Crippen LogP contribution in [0.3, 0.4) is 0 Å². The van der Waals surface area contributed by atoms with Crippen LogP contribution in [0.4, 0.5) is 0 Å². The third-order valence-electron chi connectivity index (χ3n) is 2.96. The first-order valence-electron chi connectivity index (χ1n) is 6.19. The summed E-state index contributed by atoms with van der Waals surface area (Å²) in [7, 11) is 0. The van der Waals surface area contributed by atoms with Crippen molar-refractivity contribution in [2.45, 2.75) is 33.2 Å². The summed E-state index contributed by atoms with van der Waals surface area (Å²) in [6.07, 6.45) is 0.609. The van der Waals surface area contributed by atoms with Crippen molar-refractivity contribution in [2.24, 2.45) is 11.1 Å².